The number of aryl methyl sites for hydroxylation is 1. The molecule has 8 nitrogen and oxygen atoms in total. The van der Waals surface area contributed by atoms with Crippen molar-refractivity contribution in [1.82, 2.24) is 29.7 Å². The van der Waals surface area contributed by atoms with Crippen LogP contribution < -0.4 is 10.1 Å². The first-order valence-electron chi connectivity index (χ1n) is 9.13. The quantitative estimate of drug-likeness (QED) is 0.526. The topological polar surface area (TPSA) is 86.3 Å². The summed E-state index contributed by atoms with van der Waals surface area (Å²) >= 11 is 0. The maximum atomic E-state index is 13.7. The highest BCUT2D eigenvalue weighted by Gasteiger charge is 2.35. The monoisotopic (exact) mass is 430 g/mol. The molecule has 0 atom stereocenters. The van der Waals surface area contributed by atoms with Crippen LogP contribution in [0.2, 0.25) is 0 Å². The number of hydrogen-bond donors (Lipinski definition) is 1. The summed E-state index contributed by atoms with van der Waals surface area (Å²) in [7, 11) is 3.23. The molecule has 1 aromatic carbocycles. The first-order chi connectivity index (χ1) is 14.7. The third-order valence-electron chi connectivity index (χ3n) is 4.55. The van der Waals surface area contributed by atoms with Gasteiger partial charge in [0.1, 0.15) is 5.75 Å². The lowest BCUT2D eigenvalue weighted by Gasteiger charge is -2.11. The molecule has 0 aliphatic heterocycles. The van der Waals surface area contributed by atoms with Crippen LogP contribution in [-0.4, -0.2) is 37.4 Å². The van der Waals surface area contributed by atoms with Crippen LogP contribution in [0.4, 0.5) is 13.2 Å². The maximum absolute atomic E-state index is 13.7. The van der Waals surface area contributed by atoms with Crippen molar-refractivity contribution in [3.8, 4) is 17.0 Å². The number of rotatable bonds is 5. The zero-order chi connectivity index (χ0) is 22.2. The van der Waals surface area contributed by atoms with Gasteiger partial charge in [0.25, 0.3) is 5.91 Å². The third kappa shape index (κ3) is 4.20. The van der Waals surface area contributed by atoms with Gasteiger partial charge in [0.05, 0.1) is 19.0 Å². The molecular formula is C20H17F3N6O2. The molecule has 4 aromatic rings. The molecule has 3 heterocycles. The van der Waals surface area contributed by atoms with E-state index < -0.39 is 17.8 Å². The molecule has 4 rings (SSSR count). The minimum absolute atomic E-state index is 0.0906. The van der Waals surface area contributed by atoms with Crippen molar-refractivity contribution in [1.29, 1.82) is 0 Å². The van der Waals surface area contributed by atoms with Gasteiger partial charge in [-0.05, 0) is 30.3 Å². The smallest absolute Gasteiger partial charge is 0.433 e. The molecule has 0 spiro atoms. The summed E-state index contributed by atoms with van der Waals surface area (Å²) in [6.07, 6.45) is -1.40. The number of halogens is 3. The van der Waals surface area contributed by atoms with Gasteiger partial charge in [0.2, 0.25) is 0 Å². The summed E-state index contributed by atoms with van der Waals surface area (Å²) in [6, 6.07) is 8.59. The number of ether oxygens (including phenoxy) is 1. The molecule has 0 saturated carbocycles. The maximum Gasteiger partial charge on any atom is 0.433 e. The van der Waals surface area contributed by atoms with Crippen molar-refractivity contribution >= 4 is 11.6 Å². The molecule has 0 saturated heterocycles. The fraction of sp³-hybridized carbons (Fsp3) is 0.200. The molecule has 0 fully saturated rings. The number of fused-ring (bicyclic) bond motifs is 1. The molecule has 0 unspecified atom stereocenters. The Morgan fingerprint density at radius 1 is 1.19 bits per heavy atom. The highest BCUT2D eigenvalue weighted by atomic mass is 19.4. The van der Waals surface area contributed by atoms with Gasteiger partial charge in [-0.3, -0.25) is 9.48 Å². The van der Waals surface area contributed by atoms with E-state index in [1.54, 1.807) is 48.4 Å². The van der Waals surface area contributed by atoms with Crippen molar-refractivity contribution in [3.05, 3.63) is 65.7 Å². The Labute approximate surface area is 174 Å². The van der Waals surface area contributed by atoms with Gasteiger partial charge in [-0.25, -0.2) is 9.50 Å². The second kappa shape index (κ2) is 7.74. The minimum atomic E-state index is -4.70. The van der Waals surface area contributed by atoms with Crippen LogP contribution in [0, 0.1) is 0 Å². The van der Waals surface area contributed by atoms with Crippen molar-refractivity contribution in [2.45, 2.75) is 12.7 Å². The highest BCUT2D eigenvalue weighted by Crippen LogP contribution is 2.32. The van der Waals surface area contributed by atoms with Gasteiger partial charge in [-0.2, -0.15) is 23.4 Å². The van der Waals surface area contributed by atoms with Crippen molar-refractivity contribution in [2.24, 2.45) is 7.05 Å². The second-order valence-corrected chi connectivity index (χ2v) is 6.76. The SMILES string of the molecule is COc1ccc(-c2cc(C(F)(F)F)n3nc(C(=O)NCc4cnn(C)c4)cc3n2)cc1. The van der Waals surface area contributed by atoms with Gasteiger partial charge in [0.15, 0.2) is 17.0 Å². The Hall–Kier alpha value is -3.89. The summed E-state index contributed by atoms with van der Waals surface area (Å²) < 4.78 is 48.4. The lowest BCUT2D eigenvalue weighted by Crippen LogP contribution is -2.23. The number of hydrogen-bond acceptors (Lipinski definition) is 5. The number of aromatic nitrogens is 5. The van der Waals surface area contributed by atoms with E-state index in [2.05, 4.69) is 20.5 Å². The molecule has 31 heavy (non-hydrogen) atoms. The van der Waals surface area contributed by atoms with Crippen LogP contribution in [-0.2, 0) is 19.8 Å². The molecule has 0 aliphatic rings. The molecule has 0 bridgehead atoms. The zero-order valence-electron chi connectivity index (χ0n) is 16.5. The van der Waals surface area contributed by atoms with E-state index in [1.807, 2.05) is 0 Å². The summed E-state index contributed by atoms with van der Waals surface area (Å²) in [6.45, 7) is 0.164. The van der Waals surface area contributed by atoms with Crippen LogP contribution in [0.25, 0.3) is 16.9 Å². The molecular weight excluding hydrogens is 413 g/mol. The fourth-order valence-electron chi connectivity index (χ4n) is 3.03. The lowest BCUT2D eigenvalue weighted by molar-refractivity contribution is -0.142. The summed E-state index contributed by atoms with van der Waals surface area (Å²) in [4.78, 5) is 16.7. The number of carbonyl (C=O) groups is 1. The first-order valence-corrected chi connectivity index (χ1v) is 9.13. The van der Waals surface area contributed by atoms with Gasteiger partial charge in [-0.15, -0.1) is 0 Å². The number of amides is 1. The van der Waals surface area contributed by atoms with E-state index in [4.69, 9.17) is 4.74 Å². The Balaban J connectivity index is 1.70. The van der Waals surface area contributed by atoms with Crippen LogP contribution >= 0.6 is 0 Å². The summed E-state index contributed by atoms with van der Waals surface area (Å²) in [5.41, 5.74) is 0.0216. The fourth-order valence-corrected chi connectivity index (χ4v) is 3.03. The number of alkyl halides is 3. The molecule has 160 valence electrons. The molecule has 1 N–H and O–H groups in total. The zero-order valence-corrected chi connectivity index (χ0v) is 16.5. The van der Waals surface area contributed by atoms with Crippen LogP contribution in [0.5, 0.6) is 5.75 Å². The number of carbonyl (C=O) groups excluding carboxylic acids is 1. The Morgan fingerprint density at radius 2 is 1.94 bits per heavy atom. The average Bonchev–Trinajstić information content (AvgIpc) is 3.36. The van der Waals surface area contributed by atoms with Crippen molar-refractivity contribution in [2.75, 3.05) is 7.11 Å². The molecule has 1 amide bonds. The Morgan fingerprint density at radius 3 is 2.55 bits per heavy atom. The lowest BCUT2D eigenvalue weighted by atomic mass is 10.1. The van der Waals surface area contributed by atoms with Crippen molar-refractivity contribution in [3.63, 3.8) is 0 Å². The van der Waals surface area contributed by atoms with Crippen LogP contribution in [0.15, 0.2) is 48.8 Å². The Bertz CT molecular complexity index is 1240. The molecule has 0 radical (unpaired) electrons. The van der Waals surface area contributed by atoms with Crippen molar-refractivity contribution < 1.29 is 22.7 Å². The van der Waals surface area contributed by atoms with E-state index in [0.717, 1.165) is 11.6 Å². The Kier molecular flexibility index (Phi) is 5.09. The summed E-state index contributed by atoms with van der Waals surface area (Å²) in [5, 5.41) is 10.4. The van der Waals surface area contributed by atoms with E-state index >= 15 is 0 Å². The van der Waals surface area contributed by atoms with Gasteiger partial charge in [0, 0.05) is 37.0 Å². The number of nitrogens with one attached hydrogen (secondary N) is 1. The normalized spacial score (nSPS) is 11.6. The number of nitrogens with zero attached hydrogens (tertiary/aromatic N) is 5. The van der Waals surface area contributed by atoms with E-state index in [9.17, 15) is 18.0 Å². The predicted molar refractivity (Wildman–Crippen MR) is 104 cm³/mol. The standard InChI is InChI=1S/C20H17F3N6O2/c1-28-11-12(10-25-28)9-24-19(30)16-8-18-26-15(13-3-5-14(31-2)6-4-13)7-17(20(21,22)23)29(18)27-16/h3-8,10-11H,9H2,1-2H3,(H,24,30). The number of methoxy groups -OCH3 is 1. The predicted octanol–water partition coefficient (Wildman–Crippen LogP) is 3.09. The molecule has 11 heteroatoms. The van der Waals surface area contributed by atoms with E-state index in [0.29, 0.717) is 15.8 Å². The van der Waals surface area contributed by atoms with E-state index in [-0.39, 0.29) is 23.6 Å². The average molecular weight is 430 g/mol. The van der Waals surface area contributed by atoms with Gasteiger partial charge >= 0.3 is 6.18 Å². The van der Waals surface area contributed by atoms with Gasteiger partial charge < -0.3 is 10.1 Å². The third-order valence-corrected chi connectivity index (χ3v) is 4.55. The molecule has 3 aromatic heterocycles. The van der Waals surface area contributed by atoms with Crippen LogP contribution in [0.1, 0.15) is 21.7 Å². The minimum Gasteiger partial charge on any atom is -0.497 e. The van der Waals surface area contributed by atoms with E-state index in [1.165, 1.54) is 13.2 Å². The first kappa shape index (κ1) is 20.4. The summed E-state index contributed by atoms with van der Waals surface area (Å²) in [5.74, 6) is -0.0497. The molecule has 0 aliphatic carbocycles. The highest BCUT2D eigenvalue weighted by molar-refractivity contribution is 5.93. The second-order valence-electron chi connectivity index (χ2n) is 6.76. The van der Waals surface area contributed by atoms with Gasteiger partial charge in [-0.1, -0.05) is 0 Å². The largest absolute Gasteiger partial charge is 0.497 e. The van der Waals surface area contributed by atoms with Crippen LogP contribution in [0.3, 0.4) is 0 Å². The number of benzene rings is 1.